The highest BCUT2D eigenvalue weighted by molar-refractivity contribution is 5.29. The van der Waals surface area contributed by atoms with E-state index in [1.165, 1.54) is 0 Å². The minimum absolute atomic E-state index is 0.163. The molecule has 4 heterocycles. The first kappa shape index (κ1) is 20.0. The SMILES string of the molecule is Cc1ccn(C(c2ccc(C(n3ccc(C)n3)n3ccc(C)n3)cc2)n2ccc(C)n2)n1. The smallest absolute Gasteiger partial charge is 0.168 e. The Morgan fingerprint density at radius 3 is 0.875 bits per heavy atom. The average Bonchev–Trinajstić information content (AvgIpc) is 3.56. The molecule has 0 unspecified atom stereocenters. The summed E-state index contributed by atoms with van der Waals surface area (Å²) in [6, 6.07) is 16.6. The van der Waals surface area contributed by atoms with Crippen LogP contribution in [0.2, 0.25) is 0 Å². The van der Waals surface area contributed by atoms with Gasteiger partial charge >= 0.3 is 0 Å². The fourth-order valence-electron chi connectivity index (χ4n) is 3.97. The Hall–Kier alpha value is -3.94. The Labute approximate surface area is 186 Å². The van der Waals surface area contributed by atoms with Crippen LogP contribution < -0.4 is 0 Å². The summed E-state index contributed by atoms with van der Waals surface area (Å²) in [5.74, 6) is 0. The minimum Gasteiger partial charge on any atom is -0.243 e. The maximum absolute atomic E-state index is 4.66. The fourth-order valence-corrected chi connectivity index (χ4v) is 3.97. The molecule has 0 aliphatic carbocycles. The standard InChI is InChI=1S/C24H26N8/c1-17-9-13-29(25-17)23(30-14-10-18(2)26-30)21-5-7-22(8-6-21)24(31-15-11-19(3)27-31)32-16-12-20(4)28-32/h5-16,23-24H,1-4H3. The Morgan fingerprint density at radius 2 is 0.688 bits per heavy atom. The summed E-state index contributed by atoms with van der Waals surface area (Å²) in [7, 11) is 0. The molecule has 0 bridgehead atoms. The van der Waals surface area contributed by atoms with Crippen LogP contribution in [0.5, 0.6) is 0 Å². The molecule has 8 nitrogen and oxygen atoms in total. The molecule has 5 rings (SSSR count). The van der Waals surface area contributed by atoms with Crippen molar-refractivity contribution in [2.24, 2.45) is 0 Å². The van der Waals surface area contributed by atoms with E-state index < -0.39 is 0 Å². The molecule has 0 spiro atoms. The van der Waals surface area contributed by atoms with E-state index in [0.717, 1.165) is 33.9 Å². The van der Waals surface area contributed by atoms with Crippen LogP contribution in [0.3, 0.4) is 0 Å². The molecule has 8 heteroatoms. The van der Waals surface area contributed by atoms with Crippen molar-refractivity contribution in [2.75, 3.05) is 0 Å². The van der Waals surface area contributed by atoms with Gasteiger partial charge in [-0.3, -0.25) is 0 Å². The highest BCUT2D eigenvalue weighted by Gasteiger charge is 2.21. The summed E-state index contributed by atoms with van der Waals surface area (Å²) >= 11 is 0. The third-order valence-electron chi connectivity index (χ3n) is 5.50. The first-order valence-electron chi connectivity index (χ1n) is 10.6. The number of nitrogens with zero attached hydrogens (tertiary/aromatic N) is 8. The second-order valence-corrected chi connectivity index (χ2v) is 8.16. The van der Waals surface area contributed by atoms with E-state index in [4.69, 9.17) is 0 Å². The number of aromatic nitrogens is 8. The topological polar surface area (TPSA) is 71.3 Å². The number of rotatable bonds is 6. The summed E-state index contributed by atoms with van der Waals surface area (Å²) < 4.78 is 7.79. The third kappa shape index (κ3) is 3.75. The number of hydrogen-bond acceptors (Lipinski definition) is 4. The molecule has 5 aromatic rings. The molecule has 0 amide bonds. The Bertz CT molecular complexity index is 1150. The van der Waals surface area contributed by atoms with Crippen LogP contribution in [0.15, 0.2) is 73.3 Å². The predicted octanol–water partition coefficient (Wildman–Crippen LogP) is 3.90. The second-order valence-electron chi connectivity index (χ2n) is 8.16. The quantitative estimate of drug-likeness (QED) is 0.413. The van der Waals surface area contributed by atoms with Gasteiger partial charge in [0, 0.05) is 24.8 Å². The average molecular weight is 427 g/mol. The van der Waals surface area contributed by atoms with Crippen LogP contribution in [0.25, 0.3) is 0 Å². The first-order chi connectivity index (χ1) is 15.5. The lowest BCUT2D eigenvalue weighted by Crippen LogP contribution is -2.22. The van der Waals surface area contributed by atoms with E-state index in [0.29, 0.717) is 0 Å². The van der Waals surface area contributed by atoms with Gasteiger partial charge in [-0.1, -0.05) is 24.3 Å². The lowest BCUT2D eigenvalue weighted by Gasteiger charge is -2.22. The number of benzene rings is 1. The molecular formula is C24H26N8. The van der Waals surface area contributed by atoms with Crippen molar-refractivity contribution < 1.29 is 0 Å². The van der Waals surface area contributed by atoms with Crippen molar-refractivity contribution >= 4 is 0 Å². The van der Waals surface area contributed by atoms with Gasteiger partial charge in [-0.25, -0.2) is 18.7 Å². The van der Waals surface area contributed by atoms with Crippen LogP contribution >= 0.6 is 0 Å². The van der Waals surface area contributed by atoms with E-state index >= 15 is 0 Å². The Morgan fingerprint density at radius 1 is 0.438 bits per heavy atom. The van der Waals surface area contributed by atoms with Gasteiger partial charge in [0.1, 0.15) is 0 Å². The molecule has 0 saturated heterocycles. The lowest BCUT2D eigenvalue weighted by atomic mass is 10.1. The molecule has 4 aromatic heterocycles. The van der Waals surface area contributed by atoms with Gasteiger partial charge in [0.2, 0.25) is 0 Å². The fraction of sp³-hybridized carbons (Fsp3) is 0.250. The first-order valence-corrected chi connectivity index (χ1v) is 10.6. The molecule has 0 atom stereocenters. The maximum Gasteiger partial charge on any atom is 0.168 e. The molecule has 1 aromatic carbocycles. The minimum atomic E-state index is -0.163. The monoisotopic (exact) mass is 426 g/mol. The molecule has 0 aliphatic heterocycles. The third-order valence-corrected chi connectivity index (χ3v) is 5.50. The molecule has 0 fully saturated rings. The Kier molecular flexibility index (Phi) is 4.97. The summed E-state index contributed by atoms with van der Waals surface area (Å²) in [6.45, 7) is 7.98. The van der Waals surface area contributed by atoms with Crippen LogP contribution in [0.4, 0.5) is 0 Å². The van der Waals surface area contributed by atoms with Crippen LogP contribution in [-0.4, -0.2) is 39.1 Å². The number of aryl methyl sites for hydroxylation is 4. The predicted molar refractivity (Wildman–Crippen MR) is 121 cm³/mol. The summed E-state index contributed by atoms with van der Waals surface area (Å²) in [5.41, 5.74) is 6.06. The molecule has 0 radical (unpaired) electrons. The van der Waals surface area contributed by atoms with Gasteiger partial charge in [-0.05, 0) is 63.1 Å². The highest BCUT2D eigenvalue weighted by Crippen LogP contribution is 2.25. The highest BCUT2D eigenvalue weighted by atomic mass is 15.5. The van der Waals surface area contributed by atoms with Crippen molar-refractivity contribution in [3.63, 3.8) is 0 Å². The zero-order valence-corrected chi connectivity index (χ0v) is 18.7. The van der Waals surface area contributed by atoms with Gasteiger partial charge in [0.25, 0.3) is 0 Å². The van der Waals surface area contributed by atoms with E-state index in [1.807, 2.05) is 95.5 Å². The zero-order chi connectivity index (χ0) is 22.2. The van der Waals surface area contributed by atoms with Gasteiger partial charge in [-0.2, -0.15) is 20.4 Å². The molecule has 0 saturated carbocycles. The largest absolute Gasteiger partial charge is 0.243 e. The van der Waals surface area contributed by atoms with E-state index in [9.17, 15) is 0 Å². The molecule has 0 aliphatic rings. The lowest BCUT2D eigenvalue weighted by molar-refractivity contribution is 0.410. The zero-order valence-electron chi connectivity index (χ0n) is 18.7. The van der Waals surface area contributed by atoms with E-state index in [2.05, 4.69) is 44.7 Å². The van der Waals surface area contributed by atoms with Gasteiger partial charge < -0.3 is 0 Å². The second kappa shape index (κ2) is 7.96. The summed E-state index contributed by atoms with van der Waals surface area (Å²) in [5, 5.41) is 18.6. The van der Waals surface area contributed by atoms with Crippen molar-refractivity contribution in [1.82, 2.24) is 39.1 Å². The molecule has 162 valence electrons. The van der Waals surface area contributed by atoms with Gasteiger partial charge in [0.05, 0.1) is 22.8 Å². The van der Waals surface area contributed by atoms with Crippen molar-refractivity contribution in [3.8, 4) is 0 Å². The van der Waals surface area contributed by atoms with Crippen molar-refractivity contribution in [1.29, 1.82) is 0 Å². The molecular weight excluding hydrogens is 400 g/mol. The van der Waals surface area contributed by atoms with E-state index in [1.54, 1.807) is 0 Å². The maximum atomic E-state index is 4.66. The van der Waals surface area contributed by atoms with Crippen LogP contribution in [-0.2, 0) is 0 Å². The van der Waals surface area contributed by atoms with Crippen LogP contribution in [0, 0.1) is 27.7 Å². The summed E-state index contributed by atoms with van der Waals surface area (Å²) in [4.78, 5) is 0. The van der Waals surface area contributed by atoms with Gasteiger partial charge in [-0.15, -0.1) is 0 Å². The van der Waals surface area contributed by atoms with Crippen LogP contribution in [0.1, 0.15) is 46.2 Å². The number of hydrogen-bond donors (Lipinski definition) is 0. The normalized spacial score (nSPS) is 11.7. The van der Waals surface area contributed by atoms with Crippen molar-refractivity contribution in [3.05, 3.63) is 107 Å². The summed E-state index contributed by atoms with van der Waals surface area (Å²) in [6.07, 6.45) is 7.64. The Balaban J connectivity index is 1.56. The van der Waals surface area contributed by atoms with E-state index in [-0.39, 0.29) is 12.3 Å². The van der Waals surface area contributed by atoms with Gasteiger partial charge in [0.15, 0.2) is 12.3 Å². The molecule has 32 heavy (non-hydrogen) atoms. The van der Waals surface area contributed by atoms with Crippen molar-refractivity contribution in [2.45, 2.75) is 40.0 Å². The molecule has 0 N–H and O–H groups in total.